The van der Waals surface area contributed by atoms with Gasteiger partial charge in [-0.25, -0.2) is 31.0 Å². The van der Waals surface area contributed by atoms with Crippen molar-refractivity contribution in [1.82, 2.24) is 19.9 Å². The maximum Gasteiger partial charge on any atom is 0.260 e. The van der Waals surface area contributed by atoms with Gasteiger partial charge in [-0.05, 0) is 55.3 Å². The van der Waals surface area contributed by atoms with Gasteiger partial charge in [-0.2, -0.15) is 4.98 Å². The van der Waals surface area contributed by atoms with E-state index < -0.39 is 56.7 Å². The van der Waals surface area contributed by atoms with E-state index in [0.29, 0.717) is 11.9 Å². The van der Waals surface area contributed by atoms with Gasteiger partial charge < -0.3 is 10.6 Å². The van der Waals surface area contributed by atoms with E-state index in [4.69, 9.17) is 0 Å². The minimum absolute atomic E-state index is 0.0456. The molecule has 4 aromatic rings. The molecule has 9 nitrogen and oxygen atoms in total. The molecule has 1 aliphatic heterocycles. The van der Waals surface area contributed by atoms with Crippen molar-refractivity contribution in [3.63, 3.8) is 0 Å². The molecule has 2 aromatic carbocycles. The van der Waals surface area contributed by atoms with E-state index >= 15 is 8.78 Å². The van der Waals surface area contributed by atoms with Crippen LogP contribution in [0.4, 0.5) is 29.2 Å². The standard InChI is InChI=1S/C28H28F4N6O3S/c1-15(2)38-26-18(11-34-28(36-26)35-21-10-20(30)12-33-13-21)7-22(27(38)39)17-8-23(31)25(24(32)9-17)37-42(40,41)14-16-3-5-19(29)6-4-16/h3-9,11,15,20-21,33,37H,10,12-14H2,1-2H3,(H,34,35,36)/t20-,21-/m0/s1. The van der Waals surface area contributed by atoms with Gasteiger partial charge in [-0.3, -0.25) is 14.1 Å². The first-order valence-electron chi connectivity index (χ1n) is 13.2. The normalized spacial score (nSPS) is 17.5. The number of fused-ring (bicyclic) bond motifs is 1. The van der Waals surface area contributed by atoms with Crippen LogP contribution >= 0.6 is 0 Å². The van der Waals surface area contributed by atoms with Crippen LogP contribution in [-0.2, 0) is 15.8 Å². The zero-order valence-electron chi connectivity index (χ0n) is 22.7. The monoisotopic (exact) mass is 604 g/mol. The number of rotatable bonds is 8. The Balaban J connectivity index is 1.47. The number of halogens is 4. The van der Waals surface area contributed by atoms with Crippen LogP contribution in [0.1, 0.15) is 31.9 Å². The van der Waals surface area contributed by atoms with E-state index in [1.54, 1.807) is 13.8 Å². The van der Waals surface area contributed by atoms with Crippen molar-refractivity contribution < 1.29 is 26.0 Å². The molecule has 2 atom stereocenters. The van der Waals surface area contributed by atoms with Crippen LogP contribution in [0.2, 0.25) is 0 Å². The first-order chi connectivity index (χ1) is 19.9. The van der Waals surface area contributed by atoms with Gasteiger partial charge in [0.25, 0.3) is 5.56 Å². The Morgan fingerprint density at radius 3 is 2.40 bits per heavy atom. The molecule has 0 bridgehead atoms. The van der Waals surface area contributed by atoms with Crippen molar-refractivity contribution in [2.75, 3.05) is 23.1 Å². The fourth-order valence-electron chi connectivity index (χ4n) is 4.88. The molecule has 222 valence electrons. The Morgan fingerprint density at radius 2 is 1.76 bits per heavy atom. The van der Waals surface area contributed by atoms with Crippen molar-refractivity contribution >= 4 is 32.7 Å². The lowest BCUT2D eigenvalue weighted by Gasteiger charge is -2.26. The highest BCUT2D eigenvalue weighted by molar-refractivity contribution is 7.91. The number of sulfonamides is 1. The number of nitrogens with zero attached hydrogens (tertiary/aromatic N) is 3. The van der Waals surface area contributed by atoms with Crippen LogP contribution in [0.3, 0.4) is 0 Å². The summed E-state index contributed by atoms with van der Waals surface area (Å²) in [5.41, 5.74) is -1.14. The molecule has 5 rings (SSSR count). The van der Waals surface area contributed by atoms with E-state index in [9.17, 15) is 22.0 Å². The summed E-state index contributed by atoms with van der Waals surface area (Å²) in [6.07, 6.45) is 0.727. The topological polar surface area (TPSA) is 118 Å². The van der Waals surface area contributed by atoms with Crippen LogP contribution < -0.4 is 20.9 Å². The molecule has 42 heavy (non-hydrogen) atoms. The fourth-order valence-corrected chi connectivity index (χ4v) is 6.08. The van der Waals surface area contributed by atoms with Gasteiger partial charge in [0.05, 0.1) is 5.75 Å². The summed E-state index contributed by atoms with van der Waals surface area (Å²) >= 11 is 0. The van der Waals surface area contributed by atoms with Crippen molar-refractivity contribution in [3.05, 3.63) is 82.0 Å². The lowest BCUT2D eigenvalue weighted by Crippen LogP contribution is -2.44. The molecule has 14 heteroatoms. The number of anilines is 2. The van der Waals surface area contributed by atoms with Gasteiger partial charge in [0.2, 0.25) is 16.0 Å². The van der Waals surface area contributed by atoms with Crippen LogP contribution in [0.5, 0.6) is 0 Å². The molecule has 0 aliphatic carbocycles. The minimum atomic E-state index is -4.26. The molecular weight excluding hydrogens is 576 g/mol. The average molecular weight is 605 g/mol. The largest absolute Gasteiger partial charge is 0.350 e. The molecule has 0 amide bonds. The molecule has 0 saturated carbocycles. The number of benzene rings is 2. The van der Waals surface area contributed by atoms with Crippen molar-refractivity contribution in [3.8, 4) is 11.1 Å². The molecule has 0 spiro atoms. The summed E-state index contributed by atoms with van der Waals surface area (Å²) in [5, 5.41) is 6.48. The van der Waals surface area contributed by atoms with Gasteiger partial charge in [0.15, 0.2) is 11.6 Å². The van der Waals surface area contributed by atoms with Crippen LogP contribution in [0.25, 0.3) is 22.2 Å². The fraction of sp³-hybridized carbons (Fsp3) is 0.321. The van der Waals surface area contributed by atoms with Crippen molar-refractivity contribution in [2.24, 2.45) is 0 Å². The Kier molecular flexibility index (Phi) is 8.19. The maximum absolute atomic E-state index is 15.1. The highest BCUT2D eigenvalue weighted by Crippen LogP contribution is 2.29. The lowest BCUT2D eigenvalue weighted by molar-refractivity contribution is 0.254. The van der Waals surface area contributed by atoms with Gasteiger partial charge in [0, 0.05) is 48.7 Å². The highest BCUT2D eigenvalue weighted by atomic mass is 32.2. The van der Waals surface area contributed by atoms with Gasteiger partial charge >= 0.3 is 0 Å². The number of pyridine rings is 1. The Bertz CT molecular complexity index is 1780. The summed E-state index contributed by atoms with van der Waals surface area (Å²) in [5.74, 6) is -3.45. The van der Waals surface area contributed by atoms with Gasteiger partial charge in [0.1, 0.15) is 23.3 Å². The number of hydrogen-bond donors (Lipinski definition) is 3. The molecule has 0 unspecified atom stereocenters. The van der Waals surface area contributed by atoms with Crippen LogP contribution in [0, 0.1) is 17.5 Å². The molecule has 0 radical (unpaired) electrons. The lowest BCUT2D eigenvalue weighted by atomic mass is 10.0. The first kappa shape index (κ1) is 29.5. The Labute approximate surface area is 239 Å². The SMILES string of the molecule is CC(C)n1c(=O)c(-c2cc(F)c(NS(=O)(=O)Cc3ccc(F)cc3)c(F)c2)cc2cnc(N[C@@H]3CNC[C@@H](F)C3)nc21. The smallest absolute Gasteiger partial charge is 0.260 e. The minimum Gasteiger partial charge on any atom is -0.350 e. The van der Waals surface area contributed by atoms with Crippen molar-refractivity contribution in [2.45, 2.75) is 44.3 Å². The third-order valence-electron chi connectivity index (χ3n) is 6.80. The number of hydrogen-bond acceptors (Lipinski definition) is 7. The summed E-state index contributed by atoms with van der Waals surface area (Å²) in [6.45, 7) is 4.29. The van der Waals surface area contributed by atoms with E-state index in [0.717, 1.165) is 24.3 Å². The Morgan fingerprint density at radius 1 is 1.07 bits per heavy atom. The van der Waals surface area contributed by atoms with Crippen LogP contribution in [0.15, 0.2) is 53.5 Å². The van der Waals surface area contributed by atoms with Crippen LogP contribution in [-0.4, -0.2) is 48.3 Å². The second-order valence-electron chi connectivity index (χ2n) is 10.4. The zero-order chi connectivity index (χ0) is 30.2. The summed E-state index contributed by atoms with van der Waals surface area (Å²) in [7, 11) is -4.26. The molecule has 2 aromatic heterocycles. The van der Waals surface area contributed by atoms with Gasteiger partial charge in [-0.15, -0.1) is 0 Å². The Hall–Kier alpha value is -4.04. The predicted octanol–water partition coefficient (Wildman–Crippen LogP) is 4.51. The van der Waals surface area contributed by atoms with E-state index in [2.05, 4.69) is 20.6 Å². The molecule has 1 saturated heterocycles. The second kappa shape index (κ2) is 11.7. The maximum atomic E-state index is 15.1. The zero-order valence-corrected chi connectivity index (χ0v) is 23.5. The molecule has 1 aliphatic rings. The van der Waals surface area contributed by atoms with Gasteiger partial charge in [-0.1, -0.05) is 12.1 Å². The van der Waals surface area contributed by atoms with Crippen molar-refractivity contribution in [1.29, 1.82) is 0 Å². The average Bonchev–Trinajstić information content (AvgIpc) is 2.91. The number of alkyl halides is 1. The molecule has 3 N–H and O–H groups in total. The quantitative estimate of drug-likeness (QED) is 0.253. The second-order valence-corrected chi connectivity index (χ2v) is 12.2. The summed E-state index contributed by atoms with van der Waals surface area (Å²) in [6, 6.07) is 7.14. The third-order valence-corrected chi connectivity index (χ3v) is 8.03. The predicted molar refractivity (Wildman–Crippen MR) is 152 cm³/mol. The molecular formula is C28H28F4N6O3S. The summed E-state index contributed by atoms with van der Waals surface area (Å²) < 4.78 is 85.6. The van der Waals surface area contributed by atoms with E-state index in [1.807, 2.05) is 4.72 Å². The highest BCUT2D eigenvalue weighted by Gasteiger charge is 2.24. The summed E-state index contributed by atoms with van der Waals surface area (Å²) in [4.78, 5) is 22.3. The number of aromatic nitrogens is 3. The number of piperidine rings is 1. The number of nitrogens with one attached hydrogen (secondary N) is 3. The molecule has 1 fully saturated rings. The van der Waals surface area contributed by atoms with E-state index in [-0.39, 0.29) is 47.3 Å². The third kappa shape index (κ3) is 6.39. The first-order valence-corrected chi connectivity index (χ1v) is 14.8. The molecule has 3 heterocycles. The van der Waals surface area contributed by atoms with E-state index in [1.165, 1.54) is 29.0 Å².